The number of nitriles is 1. The molecule has 4 rings (SSSR count). The van der Waals surface area contributed by atoms with Gasteiger partial charge in [0.05, 0.1) is 23.3 Å². The van der Waals surface area contributed by atoms with Crippen molar-refractivity contribution >= 4 is 27.5 Å². The summed E-state index contributed by atoms with van der Waals surface area (Å²) in [5.74, 6) is -0.0522. The van der Waals surface area contributed by atoms with Gasteiger partial charge in [0.1, 0.15) is 4.83 Å². The average molecular weight is 433 g/mol. The molecule has 0 spiro atoms. The Morgan fingerprint density at radius 1 is 1.29 bits per heavy atom. The topological polar surface area (TPSA) is 79.0 Å². The van der Waals surface area contributed by atoms with Crippen LogP contribution in [0.3, 0.4) is 0 Å². The first-order valence-corrected chi connectivity index (χ1v) is 11.3. The molecule has 0 bridgehead atoms. The van der Waals surface area contributed by atoms with Crippen LogP contribution in [0, 0.1) is 11.3 Å². The van der Waals surface area contributed by atoms with E-state index in [2.05, 4.69) is 17.6 Å². The van der Waals surface area contributed by atoms with Crippen molar-refractivity contribution in [1.29, 1.82) is 5.26 Å². The highest BCUT2D eigenvalue weighted by Crippen LogP contribution is 2.33. The fourth-order valence-corrected chi connectivity index (χ4v) is 5.25. The summed E-state index contributed by atoms with van der Waals surface area (Å²) < 4.78 is 1.57. The van der Waals surface area contributed by atoms with E-state index in [-0.39, 0.29) is 17.9 Å². The number of aromatic nitrogens is 2. The second kappa shape index (κ2) is 9.27. The maximum atomic E-state index is 13.1. The van der Waals surface area contributed by atoms with Crippen LogP contribution < -0.4 is 5.56 Å². The Morgan fingerprint density at radius 2 is 2.06 bits per heavy atom. The summed E-state index contributed by atoms with van der Waals surface area (Å²) in [6.45, 7) is 4.90. The van der Waals surface area contributed by atoms with Crippen LogP contribution in [-0.4, -0.2) is 26.9 Å². The Labute approximate surface area is 185 Å². The lowest BCUT2D eigenvalue weighted by molar-refractivity contribution is -0.131. The molecule has 1 aliphatic carbocycles. The van der Waals surface area contributed by atoms with Crippen molar-refractivity contribution < 1.29 is 4.79 Å². The number of fused-ring (bicyclic) bond motifs is 3. The summed E-state index contributed by atoms with van der Waals surface area (Å²) >= 11 is 1.63. The van der Waals surface area contributed by atoms with Crippen LogP contribution in [0.4, 0.5) is 0 Å². The van der Waals surface area contributed by atoms with Crippen LogP contribution in [0.25, 0.3) is 10.2 Å². The Morgan fingerprint density at radius 3 is 2.81 bits per heavy atom. The lowest BCUT2D eigenvalue weighted by Crippen LogP contribution is -2.32. The Balaban J connectivity index is 1.49. The summed E-state index contributed by atoms with van der Waals surface area (Å²) in [5.41, 5.74) is 2.65. The summed E-state index contributed by atoms with van der Waals surface area (Å²) in [4.78, 5) is 34.3. The number of nitrogens with zero attached hydrogens (tertiary/aromatic N) is 4. The van der Waals surface area contributed by atoms with Gasteiger partial charge in [-0.2, -0.15) is 5.26 Å². The number of thiophene rings is 1. The van der Waals surface area contributed by atoms with E-state index in [4.69, 9.17) is 5.26 Å². The van der Waals surface area contributed by atoms with Gasteiger partial charge in [-0.25, -0.2) is 4.98 Å². The lowest BCUT2D eigenvalue weighted by atomic mass is 9.97. The number of carbonyl (C=O) groups excluding carboxylic acids is 1. The first-order chi connectivity index (χ1) is 15.1. The van der Waals surface area contributed by atoms with Gasteiger partial charge in [-0.1, -0.05) is 18.2 Å². The monoisotopic (exact) mass is 432 g/mol. The fraction of sp³-hybridized carbons (Fsp3) is 0.333. The number of hydrogen-bond acceptors (Lipinski definition) is 5. The average Bonchev–Trinajstić information content (AvgIpc) is 3.18. The molecular weight excluding hydrogens is 408 g/mol. The van der Waals surface area contributed by atoms with Crippen LogP contribution in [0.1, 0.15) is 40.8 Å². The molecule has 6 nitrogen and oxygen atoms in total. The molecule has 2 heterocycles. The first-order valence-electron chi connectivity index (χ1n) is 10.5. The number of carbonyl (C=O) groups is 1. The normalized spacial score (nSPS) is 12.9. The molecule has 31 heavy (non-hydrogen) atoms. The standard InChI is InChI=1S/C24H24N4O2S/c1-2-12-27(15-18-9-7-17(14-25)8-10-18)21(29)11-13-28-16-26-23-22(24(28)30)19-5-3-4-6-20(19)31-23/h2,7-10,16H,1,3-6,11-13,15H2. The zero-order chi connectivity index (χ0) is 21.8. The Kier molecular flexibility index (Phi) is 6.28. The van der Waals surface area contributed by atoms with Crippen molar-refractivity contribution in [3.8, 4) is 6.07 Å². The molecule has 1 aliphatic rings. The predicted molar refractivity (Wildman–Crippen MR) is 122 cm³/mol. The van der Waals surface area contributed by atoms with Crippen molar-refractivity contribution in [3.05, 3.63) is 75.2 Å². The van der Waals surface area contributed by atoms with Crippen LogP contribution in [0.5, 0.6) is 0 Å². The van der Waals surface area contributed by atoms with Gasteiger partial charge in [0, 0.05) is 30.9 Å². The molecule has 7 heteroatoms. The quantitative estimate of drug-likeness (QED) is 0.532. The highest BCUT2D eigenvalue weighted by Gasteiger charge is 2.20. The molecule has 0 aliphatic heterocycles. The zero-order valence-electron chi connectivity index (χ0n) is 17.3. The molecule has 1 amide bonds. The van der Waals surface area contributed by atoms with E-state index in [9.17, 15) is 9.59 Å². The third-order valence-corrected chi connectivity index (χ3v) is 6.87. The zero-order valence-corrected chi connectivity index (χ0v) is 18.2. The summed E-state index contributed by atoms with van der Waals surface area (Å²) in [5, 5.41) is 9.69. The molecule has 0 radical (unpaired) electrons. The Hall–Kier alpha value is -3.24. The van der Waals surface area contributed by atoms with Gasteiger partial charge in [-0.3, -0.25) is 14.2 Å². The largest absolute Gasteiger partial charge is 0.335 e. The van der Waals surface area contributed by atoms with Gasteiger partial charge >= 0.3 is 0 Å². The van der Waals surface area contributed by atoms with Crippen LogP contribution >= 0.6 is 11.3 Å². The number of hydrogen-bond donors (Lipinski definition) is 0. The van der Waals surface area contributed by atoms with E-state index < -0.39 is 0 Å². The molecule has 158 valence electrons. The summed E-state index contributed by atoms with van der Waals surface area (Å²) in [6, 6.07) is 9.28. The highest BCUT2D eigenvalue weighted by molar-refractivity contribution is 7.18. The van der Waals surface area contributed by atoms with E-state index >= 15 is 0 Å². The molecule has 1 aromatic carbocycles. The smallest absolute Gasteiger partial charge is 0.262 e. The number of amides is 1. The number of aryl methyl sites for hydroxylation is 3. The van der Waals surface area contributed by atoms with Crippen LogP contribution in [-0.2, 0) is 30.7 Å². The van der Waals surface area contributed by atoms with Gasteiger partial charge in [0.25, 0.3) is 5.56 Å². The minimum absolute atomic E-state index is 0.0421. The second-order valence-electron chi connectivity index (χ2n) is 7.76. The van der Waals surface area contributed by atoms with Crippen LogP contribution in [0.15, 0.2) is 48.0 Å². The molecule has 0 saturated heterocycles. The van der Waals surface area contributed by atoms with Crippen molar-refractivity contribution in [2.24, 2.45) is 0 Å². The third kappa shape index (κ3) is 4.44. The van der Waals surface area contributed by atoms with Crippen molar-refractivity contribution in [1.82, 2.24) is 14.5 Å². The van der Waals surface area contributed by atoms with E-state index in [1.54, 1.807) is 45.3 Å². The molecular formula is C24H24N4O2S. The minimum Gasteiger partial charge on any atom is -0.335 e. The van der Waals surface area contributed by atoms with E-state index in [0.717, 1.165) is 35.0 Å². The first kappa shape index (κ1) is 21.0. The molecule has 0 unspecified atom stereocenters. The molecule has 0 saturated carbocycles. The highest BCUT2D eigenvalue weighted by atomic mass is 32.1. The maximum absolute atomic E-state index is 13.1. The van der Waals surface area contributed by atoms with E-state index in [1.165, 1.54) is 16.9 Å². The molecule has 0 fully saturated rings. The van der Waals surface area contributed by atoms with Crippen LogP contribution in [0.2, 0.25) is 0 Å². The van der Waals surface area contributed by atoms with Crippen molar-refractivity contribution in [3.63, 3.8) is 0 Å². The lowest BCUT2D eigenvalue weighted by Gasteiger charge is -2.21. The fourth-order valence-electron chi connectivity index (χ4n) is 4.03. The van der Waals surface area contributed by atoms with E-state index in [1.807, 2.05) is 12.1 Å². The van der Waals surface area contributed by atoms with Crippen molar-refractivity contribution in [2.75, 3.05) is 6.54 Å². The van der Waals surface area contributed by atoms with Crippen molar-refractivity contribution in [2.45, 2.75) is 45.2 Å². The second-order valence-corrected chi connectivity index (χ2v) is 8.84. The van der Waals surface area contributed by atoms with Gasteiger partial charge in [0.15, 0.2) is 0 Å². The molecule has 0 N–H and O–H groups in total. The summed E-state index contributed by atoms with van der Waals surface area (Å²) in [6.07, 6.45) is 7.71. The van der Waals surface area contributed by atoms with Gasteiger partial charge in [-0.15, -0.1) is 17.9 Å². The maximum Gasteiger partial charge on any atom is 0.262 e. The third-order valence-electron chi connectivity index (χ3n) is 5.67. The van der Waals surface area contributed by atoms with Gasteiger partial charge < -0.3 is 4.90 Å². The SMILES string of the molecule is C=CCN(Cc1ccc(C#N)cc1)C(=O)CCn1cnc2sc3c(c2c1=O)CCCC3. The van der Waals surface area contributed by atoms with Gasteiger partial charge in [-0.05, 0) is 48.9 Å². The molecule has 0 atom stereocenters. The van der Waals surface area contributed by atoms with E-state index in [0.29, 0.717) is 25.2 Å². The molecule has 2 aromatic heterocycles. The molecule has 3 aromatic rings. The van der Waals surface area contributed by atoms with Gasteiger partial charge in [0.2, 0.25) is 5.91 Å². The summed E-state index contributed by atoms with van der Waals surface area (Å²) in [7, 11) is 0. The number of rotatable bonds is 7. The predicted octanol–water partition coefficient (Wildman–Crippen LogP) is 3.81. The Bertz CT molecular complexity index is 1220. The minimum atomic E-state index is -0.0522. The number of benzene rings is 1.